The van der Waals surface area contributed by atoms with Crippen LogP contribution in [-0.4, -0.2) is 22.7 Å². The number of nitrogens with one attached hydrogen (secondary N) is 1. The molecule has 0 amide bonds. The molecule has 0 saturated heterocycles. The number of hydrogen-bond acceptors (Lipinski definition) is 3. The van der Waals surface area contributed by atoms with Crippen molar-refractivity contribution in [3.8, 4) is 0 Å². The third-order valence-corrected chi connectivity index (χ3v) is 2.85. The summed E-state index contributed by atoms with van der Waals surface area (Å²) in [6, 6.07) is 5.22. The number of aryl methyl sites for hydroxylation is 1. The van der Waals surface area contributed by atoms with Gasteiger partial charge in [-0.15, -0.1) is 0 Å². The van der Waals surface area contributed by atoms with Crippen molar-refractivity contribution in [1.82, 2.24) is 4.98 Å². The Labute approximate surface area is 114 Å². The Hall–Kier alpha value is -1.82. The van der Waals surface area contributed by atoms with Crippen LogP contribution < -0.4 is 5.32 Å². The second kappa shape index (κ2) is 5.28. The Balaban J connectivity index is 2.49. The summed E-state index contributed by atoms with van der Waals surface area (Å²) in [6.45, 7) is 3.66. The maximum atomic E-state index is 12.7. The monoisotopic (exact) mass is 284 g/mol. The minimum atomic E-state index is -4.38. The van der Waals surface area contributed by atoms with Crippen LogP contribution in [0.3, 0.4) is 0 Å². The van der Waals surface area contributed by atoms with E-state index in [1.54, 1.807) is 19.9 Å². The van der Waals surface area contributed by atoms with Gasteiger partial charge in [-0.05, 0) is 32.0 Å². The normalized spacial score (nSPS) is 13.5. The summed E-state index contributed by atoms with van der Waals surface area (Å²) in [4.78, 5) is 4.14. The molecule has 0 aliphatic rings. The molecule has 2 rings (SSSR count). The van der Waals surface area contributed by atoms with E-state index in [-0.39, 0.29) is 5.52 Å². The first-order valence-corrected chi connectivity index (χ1v) is 6.18. The van der Waals surface area contributed by atoms with E-state index in [4.69, 9.17) is 0 Å². The Morgan fingerprint density at radius 1 is 1.30 bits per heavy atom. The predicted octanol–water partition coefficient (Wildman–Crippen LogP) is 3.35. The number of fused-ring (bicyclic) bond motifs is 1. The van der Waals surface area contributed by atoms with Crippen LogP contribution in [0.2, 0.25) is 0 Å². The first-order chi connectivity index (χ1) is 9.27. The van der Waals surface area contributed by atoms with Crippen molar-refractivity contribution in [3.63, 3.8) is 0 Å². The number of pyridine rings is 1. The lowest BCUT2D eigenvalue weighted by atomic mass is 10.1. The van der Waals surface area contributed by atoms with E-state index in [9.17, 15) is 18.3 Å². The molecule has 6 heteroatoms. The van der Waals surface area contributed by atoms with Crippen LogP contribution >= 0.6 is 0 Å². The quantitative estimate of drug-likeness (QED) is 0.908. The number of aliphatic hydroxyl groups is 1. The summed E-state index contributed by atoms with van der Waals surface area (Å²) in [6.07, 6.45) is -4.93. The van der Waals surface area contributed by atoms with E-state index in [2.05, 4.69) is 10.3 Å². The number of hydrogen-bond donors (Lipinski definition) is 2. The van der Waals surface area contributed by atoms with Crippen LogP contribution in [0.4, 0.5) is 18.9 Å². The Morgan fingerprint density at radius 2 is 2.00 bits per heavy atom. The van der Waals surface area contributed by atoms with Gasteiger partial charge in [-0.1, -0.05) is 6.07 Å². The van der Waals surface area contributed by atoms with Crippen LogP contribution in [-0.2, 0) is 6.18 Å². The van der Waals surface area contributed by atoms with Crippen molar-refractivity contribution in [2.24, 2.45) is 0 Å². The smallest absolute Gasteiger partial charge is 0.392 e. The standard InChI is InChI=1S/C14H15F3N2O/c1-8-5-12(18-7-9(2)20)11-4-3-10(14(15,16)17)6-13(11)19-8/h3-6,9,20H,7H2,1-2H3,(H,18,19). The maximum absolute atomic E-state index is 12.7. The zero-order chi connectivity index (χ0) is 14.9. The van der Waals surface area contributed by atoms with Gasteiger partial charge in [0.1, 0.15) is 0 Å². The van der Waals surface area contributed by atoms with Crippen LogP contribution in [0.5, 0.6) is 0 Å². The summed E-state index contributed by atoms with van der Waals surface area (Å²) < 4.78 is 38.1. The van der Waals surface area contributed by atoms with Gasteiger partial charge in [-0.2, -0.15) is 13.2 Å². The fourth-order valence-corrected chi connectivity index (χ4v) is 1.94. The van der Waals surface area contributed by atoms with Crippen LogP contribution in [0, 0.1) is 6.92 Å². The largest absolute Gasteiger partial charge is 0.416 e. The number of rotatable bonds is 3. The van der Waals surface area contributed by atoms with E-state index < -0.39 is 17.8 Å². The van der Waals surface area contributed by atoms with Crippen molar-refractivity contribution in [2.75, 3.05) is 11.9 Å². The molecule has 1 aromatic carbocycles. The molecule has 0 aliphatic heterocycles. The molecule has 0 saturated carbocycles. The van der Waals surface area contributed by atoms with Crippen LogP contribution in [0.15, 0.2) is 24.3 Å². The van der Waals surface area contributed by atoms with Gasteiger partial charge in [0.05, 0.1) is 17.2 Å². The molecule has 0 bridgehead atoms. The van der Waals surface area contributed by atoms with Gasteiger partial charge < -0.3 is 10.4 Å². The van der Waals surface area contributed by atoms with Gasteiger partial charge in [-0.3, -0.25) is 4.98 Å². The molecule has 1 unspecified atom stereocenters. The van der Waals surface area contributed by atoms with Crippen molar-refractivity contribution < 1.29 is 18.3 Å². The first kappa shape index (κ1) is 14.6. The number of benzene rings is 1. The summed E-state index contributed by atoms with van der Waals surface area (Å²) >= 11 is 0. The molecule has 1 aromatic heterocycles. The Bertz CT molecular complexity index is 624. The highest BCUT2D eigenvalue weighted by atomic mass is 19.4. The molecule has 0 fully saturated rings. The van der Waals surface area contributed by atoms with Gasteiger partial charge in [0.15, 0.2) is 0 Å². The molecule has 0 aliphatic carbocycles. The highest BCUT2D eigenvalue weighted by Crippen LogP contribution is 2.33. The lowest BCUT2D eigenvalue weighted by molar-refractivity contribution is -0.137. The van der Waals surface area contributed by atoms with Crippen molar-refractivity contribution in [3.05, 3.63) is 35.5 Å². The second-order valence-corrected chi connectivity index (χ2v) is 4.77. The molecule has 0 radical (unpaired) electrons. The van der Waals surface area contributed by atoms with E-state index >= 15 is 0 Å². The number of nitrogens with zero attached hydrogens (tertiary/aromatic N) is 1. The maximum Gasteiger partial charge on any atom is 0.416 e. The Morgan fingerprint density at radius 3 is 2.60 bits per heavy atom. The van der Waals surface area contributed by atoms with Gasteiger partial charge in [-0.25, -0.2) is 0 Å². The van der Waals surface area contributed by atoms with Crippen molar-refractivity contribution >= 4 is 16.6 Å². The SMILES string of the molecule is Cc1cc(NCC(C)O)c2ccc(C(F)(F)F)cc2n1. The van der Waals surface area contributed by atoms with E-state index in [0.29, 0.717) is 23.3 Å². The molecule has 108 valence electrons. The van der Waals surface area contributed by atoms with Crippen LogP contribution in [0.1, 0.15) is 18.2 Å². The van der Waals surface area contributed by atoms with Crippen molar-refractivity contribution in [2.45, 2.75) is 26.1 Å². The molecule has 2 aromatic rings. The molecule has 2 N–H and O–H groups in total. The second-order valence-electron chi connectivity index (χ2n) is 4.77. The lowest BCUT2D eigenvalue weighted by Crippen LogP contribution is -2.15. The molecule has 1 heterocycles. The van der Waals surface area contributed by atoms with Gasteiger partial charge in [0.25, 0.3) is 0 Å². The Kier molecular flexibility index (Phi) is 3.85. The predicted molar refractivity (Wildman–Crippen MR) is 71.7 cm³/mol. The lowest BCUT2D eigenvalue weighted by Gasteiger charge is -2.13. The average molecular weight is 284 g/mol. The highest BCUT2D eigenvalue weighted by molar-refractivity contribution is 5.92. The molecule has 0 spiro atoms. The summed E-state index contributed by atoms with van der Waals surface area (Å²) in [5, 5.41) is 12.9. The van der Waals surface area contributed by atoms with Gasteiger partial charge in [0, 0.05) is 23.3 Å². The van der Waals surface area contributed by atoms with Crippen molar-refractivity contribution in [1.29, 1.82) is 0 Å². The molecule has 1 atom stereocenters. The zero-order valence-corrected chi connectivity index (χ0v) is 11.1. The fraction of sp³-hybridized carbons (Fsp3) is 0.357. The van der Waals surface area contributed by atoms with Gasteiger partial charge >= 0.3 is 6.18 Å². The molecular weight excluding hydrogens is 269 g/mol. The summed E-state index contributed by atoms with van der Waals surface area (Å²) in [7, 11) is 0. The van der Waals surface area contributed by atoms with E-state index in [1.165, 1.54) is 6.07 Å². The molecule has 3 nitrogen and oxygen atoms in total. The van der Waals surface area contributed by atoms with E-state index in [1.807, 2.05) is 0 Å². The van der Waals surface area contributed by atoms with Crippen LogP contribution in [0.25, 0.3) is 10.9 Å². The fourth-order valence-electron chi connectivity index (χ4n) is 1.94. The number of halogens is 3. The topological polar surface area (TPSA) is 45.1 Å². The molecular formula is C14H15F3N2O. The first-order valence-electron chi connectivity index (χ1n) is 6.18. The van der Waals surface area contributed by atoms with E-state index in [0.717, 1.165) is 12.1 Å². The average Bonchev–Trinajstić information content (AvgIpc) is 2.33. The number of aromatic nitrogens is 1. The minimum Gasteiger partial charge on any atom is -0.392 e. The van der Waals surface area contributed by atoms with Gasteiger partial charge in [0.2, 0.25) is 0 Å². The minimum absolute atomic E-state index is 0.285. The number of anilines is 1. The highest BCUT2D eigenvalue weighted by Gasteiger charge is 2.30. The number of alkyl halides is 3. The third kappa shape index (κ3) is 3.19. The summed E-state index contributed by atoms with van der Waals surface area (Å²) in [5.74, 6) is 0. The molecule has 20 heavy (non-hydrogen) atoms. The number of aliphatic hydroxyl groups excluding tert-OH is 1. The summed E-state index contributed by atoms with van der Waals surface area (Å²) in [5.41, 5.74) is 0.851. The zero-order valence-electron chi connectivity index (χ0n) is 11.1. The third-order valence-electron chi connectivity index (χ3n) is 2.85.